The van der Waals surface area contributed by atoms with Crippen molar-refractivity contribution in [1.82, 2.24) is 20.2 Å². The van der Waals surface area contributed by atoms with Crippen LogP contribution in [0.1, 0.15) is 0 Å². The van der Waals surface area contributed by atoms with E-state index in [4.69, 9.17) is 5.73 Å². The van der Waals surface area contributed by atoms with Crippen molar-refractivity contribution in [1.29, 1.82) is 0 Å². The van der Waals surface area contributed by atoms with Crippen molar-refractivity contribution in [3.63, 3.8) is 0 Å². The highest BCUT2D eigenvalue weighted by atomic mass is 19.2. The van der Waals surface area contributed by atoms with E-state index in [1.807, 2.05) is 0 Å². The van der Waals surface area contributed by atoms with Crippen molar-refractivity contribution < 1.29 is 13.2 Å². The van der Waals surface area contributed by atoms with Gasteiger partial charge in [0.15, 0.2) is 23.3 Å². The second kappa shape index (κ2) is 4.89. The molecule has 0 radical (unpaired) electrons. The zero-order chi connectivity index (χ0) is 15.0. The minimum Gasteiger partial charge on any atom is -0.399 e. The summed E-state index contributed by atoms with van der Waals surface area (Å²) in [5, 5.41) is 10.9. The first-order chi connectivity index (χ1) is 10.1. The maximum Gasteiger partial charge on any atom is 0.194 e. The van der Waals surface area contributed by atoms with Crippen LogP contribution in [-0.4, -0.2) is 20.2 Å². The largest absolute Gasteiger partial charge is 0.399 e. The summed E-state index contributed by atoms with van der Waals surface area (Å²) in [5.74, 6) is -3.96. The molecule has 5 nitrogen and oxygen atoms in total. The summed E-state index contributed by atoms with van der Waals surface area (Å²) < 4.78 is 40.7. The van der Waals surface area contributed by atoms with Gasteiger partial charge in [-0.2, -0.15) is 4.68 Å². The summed E-state index contributed by atoms with van der Waals surface area (Å²) in [6.07, 6.45) is 0. The first kappa shape index (κ1) is 13.1. The number of rotatable bonds is 2. The first-order valence-corrected chi connectivity index (χ1v) is 5.85. The molecule has 1 heterocycles. The van der Waals surface area contributed by atoms with Gasteiger partial charge in [-0.1, -0.05) is 12.1 Å². The molecule has 0 aliphatic carbocycles. The van der Waals surface area contributed by atoms with Gasteiger partial charge in [0.1, 0.15) is 0 Å². The van der Waals surface area contributed by atoms with Crippen molar-refractivity contribution in [3.05, 3.63) is 53.8 Å². The van der Waals surface area contributed by atoms with Gasteiger partial charge < -0.3 is 5.73 Å². The average Bonchev–Trinajstić information content (AvgIpc) is 2.93. The van der Waals surface area contributed by atoms with Crippen LogP contribution in [0.5, 0.6) is 0 Å². The number of aromatic nitrogens is 4. The predicted molar refractivity (Wildman–Crippen MR) is 68.9 cm³/mol. The lowest BCUT2D eigenvalue weighted by molar-refractivity contribution is 0.446. The normalized spacial score (nSPS) is 10.8. The van der Waals surface area contributed by atoms with E-state index in [-0.39, 0.29) is 11.5 Å². The Morgan fingerprint density at radius 2 is 1.71 bits per heavy atom. The van der Waals surface area contributed by atoms with E-state index in [1.54, 1.807) is 24.3 Å². The van der Waals surface area contributed by atoms with Crippen LogP contribution >= 0.6 is 0 Å². The number of benzene rings is 2. The third-order valence-corrected chi connectivity index (χ3v) is 2.83. The molecular weight excluding hydrogens is 283 g/mol. The van der Waals surface area contributed by atoms with Gasteiger partial charge in [0.25, 0.3) is 0 Å². The standard InChI is InChI=1S/C13H8F3N5/c14-10-5-9(6-11(15)12(10)16)21-13(18-19-20-21)7-2-1-3-8(17)4-7/h1-6H,17H2. The Kier molecular flexibility index (Phi) is 3.05. The predicted octanol–water partition coefficient (Wildman–Crippen LogP) is 2.33. The molecule has 0 atom stereocenters. The number of hydrogen-bond acceptors (Lipinski definition) is 4. The molecule has 0 fully saturated rings. The van der Waals surface area contributed by atoms with Crippen LogP contribution in [0.2, 0.25) is 0 Å². The van der Waals surface area contributed by atoms with E-state index in [0.717, 1.165) is 16.8 Å². The van der Waals surface area contributed by atoms with E-state index < -0.39 is 17.5 Å². The molecule has 2 N–H and O–H groups in total. The fraction of sp³-hybridized carbons (Fsp3) is 0. The highest BCUT2D eigenvalue weighted by molar-refractivity contribution is 5.62. The minimum absolute atomic E-state index is 0.0335. The molecule has 2 aromatic carbocycles. The second-order valence-corrected chi connectivity index (χ2v) is 4.26. The number of halogens is 3. The number of nitrogens with two attached hydrogens (primary N) is 1. The molecule has 0 amide bonds. The number of anilines is 1. The summed E-state index contributed by atoms with van der Waals surface area (Å²) in [5.41, 5.74) is 6.69. The third kappa shape index (κ3) is 2.31. The van der Waals surface area contributed by atoms with Gasteiger partial charge in [0, 0.05) is 23.4 Å². The zero-order valence-corrected chi connectivity index (χ0v) is 10.5. The fourth-order valence-electron chi connectivity index (χ4n) is 1.88. The molecule has 0 bridgehead atoms. The number of tetrazole rings is 1. The van der Waals surface area contributed by atoms with Crippen molar-refractivity contribution >= 4 is 5.69 Å². The van der Waals surface area contributed by atoms with Crippen molar-refractivity contribution in [3.8, 4) is 17.1 Å². The van der Waals surface area contributed by atoms with Crippen molar-refractivity contribution in [2.75, 3.05) is 5.73 Å². The van der Waals surface area contributed by atoms with E-state index in [2.05, 4.69) is 15.5 Å². The summed E-state index contributed by atoms with van der Waals surface area (Å²) in [4.78, 5) is 0. The Bertz CT molecular complexity index is 792. The van der Waals surface area contributed by atoms with Crippen LogP contribution in [0, 0.1) is 17.5 Å². The topological polar surface area (TPSA) is 69.6 Å². The van der Waals surface area contributed by atoms with E-state index in [0.29, 0.717) is 11.3 Å². The Morgan fingerprint density at radius 1 is 1.00 bits per heavy atom. The second-order valence-electron chi connectivity index (χ2n) is 4.26. The smallest absolute Gasteiger partial charge is 0.194 e. The molecule has 3 aromatic rings. The quantitative estimate of drug-likeness (QED) is 0.581. The van der Waals surface area contributed by atoms with Gasteiger partial charge >= 0.3 is 0 Å². The molecule has 0 saturated heterocycles. The molecule has 106 valence electrons. The van der Waals surface area contributed by atoms with E-state index in [9.17, 15) is 13.2 Å². The summed E-state index contributed by atoms with van der Waals surface area (Å²) in [7, 11) is 0. The Labute approximate surface area is 116 Å². The molecule has 0 aliphatic rings. The summed E-state index contributed by atoms with van der Waals surface area (Å²) in [6.45, 7) is 0. The average molecular weight is 291 g/mol. The first-order valence-electron chi connectivity index (χ1n) is 5.85. The molecule has 0 saturated carbocycles. The molecule has 0 aliphatic heterocycles. The highest BCUT2D eigenvalue weighted by Gasteiger charge is 2.16. The van der Waals surface area contributed by atoms with Crippen LogP contribution in [0.25, 0.3) is 17.1 Å². The SMILES string of the molecule is Nc1cccc(-c2nnnn2-c2cc(F)c(F)c(F)c2)c1. The van der Waals surface area contributed by atoms with Crippen LogP contribution in [0.4, 0.5) is 18.9 Å². The van der Waals surface area contributed by atoms with E-state index in [1.165, 1.54) is 0 Å². The summed E-state index contributed by atoms with van der Waals surface area (Å²) in [6, 6.07) is 8.28. The lowest BCUT2D eigenvalue weighted by atomic mass is 10.2. The maximum absolute atomic E-state index is 13.3. The van der Waals surface area contributed by atoms with Crippen LogP contribution in [-0.2, 0) is 0 Å². The van der Waals surface area contributed by atoms with Crippen molar-refractivity contribution in [2.45, 2.75) is 0 Å². The maximum atomic E-state index is 13.3. The van der Waals surface area contributed by atoms with Gasteiger partial charge in [-0.15, -0.1) is 5.10 Å². The molecule has 8 heteroatoms. The number of nitrogen functional groups attached to an aromatic ring is 1. The highest BCUT2D eigenvalue weighted by Crippen LogP contribution is 2.23. The van der Waals surface area contributed by atoms with Gasteiger partial charge in [0.05, 0.1) is 5.69 Å². The lowest BCUT2D eigenvalue weighted by Gasteiger charge is -2.06. The fourth-order valence-corrected chi connectivity index (χ4v) is 1.88. The van der Waals surface area contributed by atoms with Crippen LogP contribution < -0.4 is 5.73 Å². The van der Waals surface area contributed by atoms with Crippen molar-refractivity contribution in [2.24, 2.45) is 0 Å². The Hall–Kier alpha value is -2.90. The lowest BCUT2D eigenvalue weighted by Crippen LogP contribution is -2.03. The molecule has 3 rings (SSSR count). The summed E-state index contributed by atoms with van der Waals surface area (Å²) >= 11 is 0. The number of hydrogen-bond donors (Lipinski definition) is 1. The third-order valence-electron chi connectivity index (χ3n) is 2.83. The van der Waals surface area contributed by atoms with Gasteiger partial charge in [-0.05, 0) is 22.6 Å². The Morgan fingerprint density at radius 3 is 2.38 bits per heavy atom. The van der Waals surface area contributed by atoms with Gasteiger partial charge in [-0.25, -0.2) is 13.2 Å². The zero-order valence-electron chi connectivity index (χ0n) is 10.5. The van der Waals surface area contributed by atoms with Crippen LogP contribution in [0.3, 0.4) is 0 Å². The van der Waals surface area contributed by atoms with Crippen LogP contribution in [0.15, 0.2) is 36.4 Å². The molecule has 0 spiro atoms. The Balaban J connectivity index is 2.16. The molecule has 21 heavy (non-hydrogen) atoms. The molecule has 0 unspecified atom stereocenters. The molecule has 1 aromatic heterocycles. The van der Waals surface area contributed by atoms with Gasteiger partial charge in [-0.3, -0.25) is 0 Å². The van der Waals surface area contributed by atoms with Gasteiger partial charge in [0.2, 0.25) is 0 Å². The number of nitrogens with zero attached hydrogens (tertiary/aromatic N) is 4. The van der Waals surface area contributed by atoms with E-state index >= 15 is 0 Å². The molecular formula is C13H8F3N5. The monoisotopic (exact) mass is 291 g/mol. The minimum atomic E-state index is -1.54.